The molecule has 176 valence electrons. The Kier molecular flexibility index (Phi) is 9.37. The fourth-order valence-corrected chi connectivity index (χ4v) is 3.42. The topological polar surface area (TPSA) is 95.9 Å². The SMILES string of the molecule is CCNC(=NCc1ccc(C(N)=O)o1)NC1CCN(Cc2ccc(C(F)(F)F)cc2)C1.I. The van der Waals surface area contributed by atoms with Gasteiger partial charge in [0.1, 0.15) is 12.3 Å². The Hall–Kier alpha value is -2.28. The number of nitrogens with two attached hydrogens (primary N) is 1. The second-order valence-corrected chi connectivity index (χ2v) is 7.39. The number of carbonyl (C=O) groups excluding carboxylic acids is 1. The number of carbonyl (C=O) groups is 1. The third-order valence-electron chi connectivity index (χ3n) is 4.94. The molecule has 1 aromatic heterocycles. The minimum atomic E-state index is -4.32. The number of nitrogens with one attached hydrogen (secondary N) is 2. The molecular formula is C21H27F3IN5O2. The molecule has 2 heterocycles. The van der Waals surface area contributed by atoms with Crippen LogP contribution in [0.3, 0.4) is 0 Å². The van der Waals surface area contributed by atoms with Crippen molar-refractivity contribution in [3.8, 4) is 0 Å². The van der Waals surface area contributed by atoms with Crippen LogP contribution < -0.4 is 16.4 Å². The van der Waals surface area contributed by atoms with Crippen LogP contribution in [-0.2, 0) is 19.3 Å². The zero-order valence-electron chi connectivity index (χ0n) is 17.6. The summed E-state index contributed by atoms with van der Waals surface area (Å²) in [5, 5.41) is 6.55. The molecule has 0 radical (unpaired) electrons. The second-order valence-electron chi connectivity index (χ2n) is 7.39. The summed E-state index contributed by atoms with van der Waals surface area (Å²) in [6.45, 7) is 5.06. The first-order valence-electron chi connectivity index (χ1n) is 10.1. The molecule has 1 aliphatic heterocycles. The van der Waals surface area contributed by atoms with E-state index in [0.29, 0.717) is 24.8 Å². The molecule has 1 aromatic carbocycles. The fourth-order valence-electron chi connectivity index (χ4n) is 3.42. The Morgan fingerprint density at radius 3 is 2.56 bits per heavy atom. The van der Waals surface area contributed by atoms with Crippen molar-refractivity contribution in [2.45, 2.75) is 38.7 Å². The van der Waals surface area contributed by atoms with E-state index in [4.69, 9.17) is 10.2 Å². The number of furan rings is 1. The Balaban J connectivity index is 0.00000363. The van der Waals surface area contributed by atoms with Gasteiger partial charge in [-0.1, -0.05) is 12.1 Å². The third kappa shape index (κ3) is 7.40. The number of primary amides is 1. The highest BCUT2D eigenvalue weighted by atomic mass is 127. The van der Waals surface area contributed by atoms with Crippen LogP contribution in [0.2, 0.25) is 0 Å². The quantitative estimate of drug-likeness (QED) is 0.272. The van der Waals surface area contributed by atoms with Gasteiger partial charge in [0, 0.05) is 32.2 Å². The molecule has 2 aromatic rings. The predicted octanol–water partition coefficient (Wildman–Crippen LogP) is 3.34. The van der Waals surface area contributed by atoms with Gasteiger partial charge in [0.25, 0.3) is 5.91 Å². The normalized spacial score (nSPS) is 17.1. The maximum Gasteiger partial charge on any atom is 0.416 e. The number of halogens is 4. The summed E-state index contributed by atoms with van der Waals surface area (Å²) < 4.78 is 43.5. The molecule has 1 amide bonds. The van der Waals surface area contributed by atoms with E-state index in [2.05, 4.69) is 20.5 Å². The van der Waals surface area contributed by atoms with Crippen molar-refractivity contribution < 1.29 is 22.4 Å². The van der Waals surface area contributed by atoms with Crippen LogP contribution in [-0.4, -0.2) is 42.4 Å². The number of rotatable bonds is 7. The average molecular weight is 565 g/mol. The summed E-state index contributed by atoms with van der Waals surface area (Å²) >= 11 is 0. The molecule has 4 N–H and O–H groups in total. The molecule has 3 rings (SSSR count). The van der Waals surface area contributed by atoms with Crippen molar-refractivity contribution in [3.63, 3.8) is 0 Å². The van der Waals surface area contributed by atoms with Gasteiger partial charge in [0.15, 0.2) is 11.7 Å². The highest BCUT2D eigenvalue weighted by Gasteiger charge is 2.30. The number of benzene rings is 1. The Labute approximate surface area is 201 Å². The highest BCUT2D eigenvalue weighted by Crippen LogP contribution is 2.29. The number of alkyl halides is 3. The largest absolute Gasteiger partial charge is 0.454 e. The number of amides is 1. The number of hydrogen-bond donors (Lipinski definition) is 3. The molecule has 1 aliphatic rings. The van der Waals surface area contributed by atoms with Crippen LogP contribution in [0.15, 0.2) is 45.8 Å². The minimum Gasteiger partial charge on any atom is -0.454 e. The Morgan fingerprint density at radius 2 is 1.97 bits per heavy atom. The molecule has 7 nitrogen and oxygen atoms in total. The first-order valence-corrected chi connectivity index (χ1v) is 10.1. The van der Waals surface area contributed by atoms with E-state index in [1.807, 2.05) is 6.92 Å². The maximum absolute atomic E-state index is 12.7. The lowest BCUT2D eigenvalue weighted by Crippen LogP contribution is -2.44. The van der Waals surface area contributed by atoms with Gasteiger partial charge >= 0.3 is 6.18 Å². The van der Waals surface area contributed by atoms with Gasteiger partial charge in [-0.2, -0.15) is 13.2 Å². The standard InChI is InChI=1S/C21H26F3N5O2.HI/c1-2-26-20(27-11-17-7-8-18(31-17)19(25)30)28-16-9-10-29(13-16)12-14-3-5-15(6-4-14)21(22,23)24;/h3-8,16H,2,9-13H2,1H3,(H2,25,30)(H2,26,27,28);1H. The number of hydrogen-bond acceptors (Lipinski definition) is 4. The molecule has 1 unspecified atom stereocenters. The van der Waals surface area contributed by atoms with E-state index < -0.39 is 17.6 Å². The molecule has 0 bridgehead atoms. The van der Waals surface area contributed by atoms with Gasteiger partial charge in [-0.05, 0) is 43.2 Å². The third-order valence-corrected chi connectivity index (χ3v) is 4.94. The van der Waals surface area contributed by atoms with Crippen molar-refractivity contribution in [3.05, 3.63) is 59.0 Å². The summed E-state index contributed by atoms with van der Waals surface area (Å²) in [7, 11) is 0. The van der Waals surface area contributed by atoms with E-state index in [0.717, 1.165) is 37.2 Å². The molecule has 0 spiro atoms. The van der Waals surface area contributed by atoms with Crippen LogP contribution in [0, 0.1) is 0 Å². The summed E-state index contributed by atoms with van der Waals surface area (Å²) in [5.74, 6) is 0.625. The molecule has 0 aliphatic carbocycles. The van der Waals surface area contributed by atoms with Crippen molar-refractivity contribution in [1.82, 2.24) is 15.5 Å². The zero-order valence-corrected chi connectivity index (χ0v) is 19.9. The second kappa shape index (κ2) is 11.5. The van der Waals surface area contributed by atoms with Gasteiger partial charge in [-0.15, -0.1) is 24.0 Å². The monoisotopic (exact) mass is 565 g/mol. The zero-order chi connectivity index (χ0) is 22.4. The molecule has 32 heavy (non-hydrogen) atoms. The van der Waals surface area contributed by atoms with E-state index in [1.165, 1.54) is 18.2 Å². The Bertz CT molecular complexity index is 915. The van der Waals surface area contributed by atoms with Crippen LogP contribution in [0.1, 0.15) is 40.8 Å². The fraction of sp³-hybridized carbons (Fsp3) is 0.429. The average Bonchev–Trinajstić information content (AvgIpc) is 3.36. The van der Waals surface area contributed by atoms with Crippen molar-refractivity contribution >= 4 is 35.8 Å². The van der Waals surface area contributed by atoms with E-state index >= 15 is 0 Å². The number of nitrogens with zero attached hydrogens (tertiary/aromatic N) is 2. The van der Waals surface area contributed by atoms with Crippen LogP contribution in [0.25, 0.3) is 0 Å². The first-order chi connectivity index (χ1) is 14.7. The summed E-state index contributed by atoms with van der Waals surface area (Å²) in [5.41, 5.74) is 5.40. The van der Waals surface area contributed by atoms with Crippen molar-refractivity contribution in [1.29, 1.82) is 0 Å². The summed E-state index contributed by atoms with van der Waals surface area (Å²) in [4.78, 5) is 17.8. The van der Waals surface area contributed by atoms with Crippen molar-refractivity contribution in [2.24, 2.45) is 10.7 Å². The van der Waals surface area contributed by atoms with Gasteiger partial charge in [0.05, 0.1) is 5.56 Å². The summed E-state index contributed by atoms with van der Waals surface area (Å²) in [6, 6.07) is 8.63. The molecule has 1 fully saturated rings. The van der Waals surface area contributed by atoms with E-state index in [9.17, 15) is 18.0 Å². The van der Waals surface area contributed by atoms with Gasteiger partial charge in [-0.3, -0.25) is 9.69 Å². The summed E-state index contributed by atoms with van der Waals surface area (Å²) in [6.07, 6.45) is -3.43. The molecule has 1 saturated heterocycles. The molecule has 11 heteroatoms. The molecule has 1 atom stereocenters. The lowest BCUT2D eigenvalue weighted by molar-refractivity contribution is -0.137. The number of aliphatic imine (C=N–C) groups is 1. The lowest BCUT2D eigenvalue weighted by Gasteiger charge is -2.19. The van der Waals surface area contributed by atoms with Crippen LogP contribution in [0.5, 0.6) is 0 Å². The van der Waals surface area contributed by atoms with E-state index in [-0.39, 0.29) is 42.3 Å². The maximum atomic E-state index is 12.7. The van der Waals surface area contributed by atoms with E-state index in [1.54, 1.807) is 6.07 Å². The number of guanidine groups is 1. The molecule has 0 saturated carbocycles. The lowest BCUT2D eigenvalue weighted by atomic mass is 10.1. The predicted molar refractivity (Wildman–Crippen MR) is 126 cm³/mol. The molecular weight excluding hydrogens is 538 g/mol. The van der Waals surface area contributed by atoms with Crippen LogP contribution >= 0.6 is 24.0 Å². The minimum absolute atomic E-state index is 0. The smallest absolute Gasteiger partial charge is 0.416 e. The first kappa shape index (κ1) is 26.0. The highest BCUT2D eigenvalue weighted by molar-refractivity contribution is 14.0. The Morgan fingerprint density at radius 1 is 1.25 bits per heavy atom. The number of likely N-dealkylation sites (tertiary alicyclic amines) is 1. The van der Waals surface area contributed by atoms with Crippen LogP contribution in [0.4, 0.5) is 13.2 Å². The van der Waals surface area contributed by atoms with Gasteiger partial charge < -0.3 is 20.8 Å². The van der Waals surface area contributed by atoms with Crippen molar-refractivity contribution in [2.75, 3.05) is 19.6 Å². The van der Waals surface area contributed by atoms with Gasteiger partial charge in [-0.25, -0.2) is 4.99 Å². The van der Waals surface area contributed by atoms with Gasteiger partial charge in [0.2, 0.25) is 0 Å².